The van der Waals surface area contributed by atoms with Gasteiger partial charge in [-0.3, -0.25) is 9.59 Å². The number of aromatic hydroxyl groups is 1. The Kier molecular flexibility index (Phi) is 5.85. The van der Waals surface area contributed by atoms with Crippen molar-refractivity contribution in [3.05, 3.63) is 23.8 Å². The van der Waals surface area contributed by atoms with Gasteiger partial charge in [-0.15, -0.1) is 0 Å². The predicted molar refractivity (Wildman–Crippen MR) is 69.7 cm³/mol. The van der Waals surface area contributed by atoms with Crippen LogP contribution in [0.4, 0.5) is 0 Å². The minimum Gasteiger partial charge on any atom is -0.507 e. The smallest absolute Gasteiger partial charge is 0.303 e. The van der Waals surface area contributed by atoms with Gasteiger partial charge in [0.05, 0.1) is 12.2 Å². The fraction of sp³-hybridized carbons (Fsp3) is 0.429. The van der Waals surface area contributed by atoms with Crippen LogP contribution in [-0.4, -0.2) is 28.6 Å². The van der Waals surface area contributed by atoms with Crippen molar-refractivity contribution in [1.82, 2.24) is 0 Å². The van der Waals surface area contributed by atoms with Gasteiger partial charge in [-0.25, -0.2) is 0 Å². The first kappa shape index (κ1) is 15.0. The largest absolute Gasteiger partial charge is 0.507 e. The Hall–Kier alpha value is -2.04. The highest BCUT2D eigenvalue weighted by Crippen LogP contribution is 2.25. The van der Waals surface area contributed by atoms with Crippen molar-refractivity contribution < 1.29 is 24.5 Å². The zero-order valence-electron chi connectivity index (χ0n) is 10.9. The maximum absolute atomic E-state index is 11.9. The number of carbonyl (C=O) groups is 2. The van der Waals surface area contributed by atoms with E-state index in [4.69, 9.17) is 9.84 Å². The molecule has 0 aliphatic carbocycles. The molecule has 0 fully saturated rings. The minimum atomic E-state index is -0.933. The molecule has 104 valence electrons. The molecule has 0 unspecified atom stereocenters. The number of aliphatic carboxylic acids is 1. The van der Waals surface area contributed by atoms with Crippen LogP contribution < -0.4 is 4.74 Å². The lowest BCUT2D eigenvalue weighted by Gasteiger charge is -2.08. The molecular weight excluding hydrogens is 248 g/mol. The molecule has 0 spiro atoms. The van der Waals surface area contributed by atoms with Crippen LogP contribution in [0, 0.1) is 0 Å². The summed E-state index contributed by atoms with van der Waals surface area (Å²) in [5, 5.41) is 18.2. The van der Waals surface area contributed by atoms with Crippen molar-refractivity contribution in [2.45, 2.75) is 32.6 Å². The van der Waals surface area contributed by atoms with Crippen LogP contribution in [-0.2, 0) is 4.79 Å². The van der Waals surface area contributed by atoms with Crippen LogP contribution in [0.1, 0.15) is 43.0 Å². The van der Waals surface area contributed by atoms with Gasteiger partial charge in [0, 0.05) is 12.8 Å². The Morgan fingerprint density at radius 1 is 1.26 bits per heavy atom. The molecule has 1 aromatic carbocycles. The average molecular weight is 266 g/mol. The predicted octanol–water partition coefficient (Wildman–Crippen LogP) is 2.62. The zero-order valence-corrected chi connectivity index (χ0v) is 10.9. The van der Waals surface area contributed by atoms with Crippen LogP contribution in [0.15, 0.2) is 18.2 Å². The number of hydrogen-bond donors (Lipinski definition) is 2. The third kappa shape index (κ3) is 4.99. The van der Waals surface area contributed by atoms with Crippen LogP contribution in [0.2, 0.25) is 0 Å². The summed E-state index contributed by atoms with van der Waals surface area (Å²) in [7, 11) is 0. The summed E-state index contributed by atoms with van der Waals surface area (Å²) in [5.74, 6) is -0.789. The topological polar surface area (TPSA) is 83.8 Å². The number of carboxylic acids is 1. The molecule has 0 saturated carbocycles. The summed E-state index contributed by atoms with van der Waals surface area (Å²) in [6.45, 7) is 2.51. The molecule has 0 atom stereocenters. The summed E-state index contributed by atoms with van der Waals surface area (Å²) in [5.41, 5.74) is 0.180. The fourth-order valence-electron chi connectivity index (χ4n) is 1.58. The molecule has 0 bridgehead atoms. The molecule has 1 aromatic rings. The number of benzene rings is 1. The first-order valence-corrected chi connectivity index (χ1v) is 6.25. The van der Waals surface area contributed by atoms with E-state index in [9.17, 15) is 14.7 Å². The molecule has 0 amide bonds. The molecule has 0 radical (unpaired) electrons. The van der Waals surface area contributed by atoms with Gasteiger partial charge in [0.15, 0.2) is 5.78 Å². The maximum Gasteiger partial charge on any atom is 0.303 e. The summed E-state index contributed by atoms with van der Waals surface area (Å²) in [4.78, 5) is 22.2. The number of phenols is 1. The van der Waals surface area contributed by atoms with Gasteiger partial charge in [-0.05, 0) is 31.0 Å². The van der Waals surface area contributed by atoms with Crippen molar-refractivity contribution in [3.8, 4) is 11.5 Å². The van der Waals surface area contributed by atoms with Crippen molar-refractivity contribution in [1.29, 1.82) is 0 Å². The van der Waals surface area contributed by atoms with Gasteiger partial charge in [-0.2, -0.15) is 0 Å². The molecule has 0 heterocycles. The van der Waals surface area contributed by atoms with Crippen molar-refractivity contribution in [2.75, 3.05) is 6.61 Å². The maximum atomic E-state index is 11.9. The number of phenolic OH excluding ortho intramolecular Hbond substituents is 1. The van der Waals surface area contributed by atoms with Crippen LogP contribution >= 0.6 is 0 Å². The van der Waals surface area contributed by atoms with E-state index in [0.717, 1.165) is 6.42 Å². The number of carboxylic acid groups (broad SMARTS) is 1. The van der Waals surface area contributed by atoms with E-state index < -0.39 is 5.97 Å². The van der Waals surface area contributed by atoms with Gasteiger partial charge in [0.2, 0.25) is 0 Å². The second-order valence-corrected chi connectivity index (χ2v) is 4.20. The Morgan fingerprint density at radius 3 is 2.63 bits per heavy atom. The summed E-state index contributed by atoms with van der Waals surface area (Å²) in [6.07, 6.45) is 1.14. The lowest BCUT2D eigenvalue weighted by molar-refractivity contribution is -0.137. The third-order valence-electron chi connectivity index (χ3n) is 2.54. The second kappa shape index (κ2) is 7.41. The van der Waals surface area contributed by atoms with E-state index in [0.29, 0.717) is 12.4 Å². The minimum absolute atomic E-state index is 0.0570. The number of ketones is 1. The lowest BCUT2D eigenvalue weighted by Crippen LogP contribution is -2.03. The summed E-state index contributed by atoms with van der Waals surface area (Å²) in [6, 6.07) is 4.50. The Balaban J connectivity index is 2.69. The molecule has 19 heavy (non-hydrogen) atoms. The molecule has 0 saturated heterocycles. The van der Waals surface area contributed by atoms with Crippen LogP contribution in [0.3, 0.4) is 0 Å². The summed E-state index contributed by atoms with van der Waals surface area (Å²) >= 11 is 0. The molecule has 5 heteroatoms. The van der Waals surface area contributed by atoms with E-state index in [1.54, 1.807) is 6.07 Å². The van der Waals surface area contributed by atoms with E-state index in [2.05, 4.69) is 0 Å². The molecule has 0 aliphatic rings. The molecular formula is C14H18O5. The number of Topliss-reactive ketones (excluding diaryl/α,β-unsaturated/α-hetero) is 1. The Morgan fingerprint density at radius 2 is 2.00 bits per heavy atom. The summed E-state index contributed by atoms with van der Waals surface area (Å²) < 4.78 is 5.39. The molecule has 2 N–H and O–H groups in total. The van der Waals surface area contributed by atoms with Crippen molar-refractivity contribution >= 4 is 11.8 Å². The monoisotopic (exact) mass is 266 g/mol. The quantitative estimate of drug-likeness (QED) is 0.706. The molecule has 0 aliphatic heterocycles. The number of ether oxygens (including phenoxy) is 1. The molecule has 1 rings (SSSR count). The first-order valence-electron chi connectivity index (χ1n) is 6.25. The van der Waals surface area contributed by atoms with Crippen LogP contribution in [0.5, 0.6) is 11.5 Å². The number of rotatable bonds is 8. The Labute approximate surface area is 111 Å². The lowest BCUT2D eigenvalue weighted by atomic mass is 10.0. The number of carbonyl (C=O) groups excluding carboxylic acids is 1. The second-order valence-electron chi connectivity index (χ2n) is 4.20. The van der Waals surface area contributed by atoms with Gasteiger partial charge in [0.25, 0.3) is 0 Å². The SMILES string of the molecule is CCCOc1ccc(O)c(C(=O)CCCC(=O)O)c1. The van der Waals surface area contributed by atoms with Gasteiger partial charge >= 0.3 is 5.97 Å². The number of hydrogen-bond acceptors (Lipinski definition) is 4. The van der Waals surface area contributed by atoms with E-state index in [1.807, 2.05) is 6.92 Å². The highest BCUT2D eigenvalue weighted by Gasteiger charge is 2.13. The van der Waals surface area contributed by atoms with E-state index in [-0.39, 0.29) is 36.4 Å². The average Bonchev–Trinajstić information content (AvgIpc) is 2.37. The van der Waals surface area contributed by atoms with Crippen LogP contribution in [0.25, 0.3) is 0 Å². The zero-order chi connectivity index (χ0) is 14.3. The van der Waals surface area contributed by atoms with Crippen molar-refractivity contribution in [2.24, 2.45) is 0 Å². The molecule has 5 nitrogen and oxygen atoms in total. The Bertz CT molecular complexity index is 453. The fourth-order valence-corrected chi connectivity index (χ4v) is 1.58. The highest BCUT2D eigenvalue weighted by atomic mass is 16.5. The molecule has 0 aromatic heterocycles. The first-order chi connectivity index (χ1) is 9.04. The standard InChI is InChI=1S/C14H18O5/c1-2-8-19-10-6-7-13(16)11(9-10)12(15)4-3-5-14(17)18/h6-7,9,16H,2-5,8H2,1H3,(H,17,18). The normalized spacial score (nSPS) is 10.2. The van der Waals surface area contributed by atoms with Gasteiger partial charge in [0.1, 0.15) is 11.5 Å². The third-order valence-corrected chi connectivity index (χ3v) is 2.54. The van der Waals surface area contributed by atoms with Gasteiger partial charge in [-0.1, -0.05) is 6.92 Å². The van der Waals surface area contributed by atoms with Crippen molar-refractivity contribution in [3.63, 3.8) is 0 Å². The van der Waals surface area contributed by atoms with E-state index >= 15 is 0 Å². The van der Waals surface area contributed by atoms with Gasteiger partial charge < -0.3 is 14.9 Å². The van der Waals surface area contributed by atoms with E-state index in [1.165, 1.54) is 12.1 Å². The highest BCUT2D eigenvalue weighted by molar-refractivity contribution is 5.99.